The molecule has 25 heavy (non-hydrogen) atoms. The zero-order valence-electron chi connectivity index (χ0n) is 13.8. The lowest BCUT2D eigenvalue weighted by Crippen LogP contribution is -2.52. The molecule has 4 rings (SSSR count). The topological polar surface area (TPSA) is 69.7 Å². The molecule has 3 aliphatic rings. The van der Waals surface area contributed by atoms with E-state index in [1.165, 1.54) is 12.8 Å². The highest BCUT2D eigenvalue weighted by Gasteiger charge is 2.39. The highest BCUT2D eigenvalue weighted by molar-refractivity contribution is 14.1. The molecule has 0 aliphatic carbocycles. The quantitative estimate of drug-likeness (QED) is 0.422. The van der Waals surface area contributed by atoms with Crippen molar-refractivity contribution in [2.45, 2.75) is 42.2 Å². The molecule has 0 radical (unpaired) electrons. The summed E-state index contributed by atoms with van der Waals surface area (Å²) in [6, 6.07) is 5.51. The summed E-state index contributed by atoms with van der Waals surface area (Å²) in [5, 5.41) is 2.34. The maximum Gasteiger partial charge on any atom is 0.255 e. The molecule has 3 heterocycles. The fraction of sp³-hybridized carbons (Fsp3) is 0.500. The van der Waals surface area contributed by atoms with Gasteiger partial charge >= 0.3 is 0 Å². The molecule has 3 aliphatic heterocycles. The number of alkyl halides is 1. The van der Waals surface area contributed by atoms with Gasteiger partial charge in [-0.25, -0.2) is 0 Å². The van der Waals surface area contributed by atoms with Crippen LogP contribution in [-0.2, 0) is 16.1 Å². The van der Waals surface area contributed by atoms with Gasteiger partial charge in [-0.3, -0.25) is 19.7 Å². The monoisotopic (exact) mass is 453 g/mol. The van der Waals surface area contributed by atoms with E-state index >= 15 is 0 Å². The third-order valence-corrected chi connectivity index (χ3v) is 6.26. The second kappa shape index (κ2) is 6.59. The van der Waals surface area contributed by atoms with Crippen LogP contribution in [0, 0.1) is 0 Å². The Morgan fingerprint density at radius 3 is 2.76 bits per heavy atom. The second-order valence-corrected chi connectivity index (χ2v) is 8.69. The van der Waals surface area contributed by atoms with Crippen molar-refractivity contribution in [3.63, 3.8) is 0 Å². The Balaban J connectivity index is 1.55. The van der Waals surface area contributed by atoms with E-state index in [4.69, 9.17) is 0 Å². The van der Waals surface area contributed by atoms with Crippen molar-refractivity contribution in [3.05, 3.63) is 29.3 Å². The number of nitrogens with one attached hydrogen (secondary N) is 1. The number of hydrogen-bond acceptors (Lipinski definition) is 4. The fourth-order valence-corrected chi connectivity index (χ4v) is 4.82. The van der Waals surface area contributed by atoms with Crippen LogP contribution < -0.4 is 10.2 Å². The number of fused-ring (bicyclic) bond motifs is 1. The first-order valence-corrected chi connectivity index (χ1v) is 9.94. The molecule has 0 aromatic heterocycles. The summed E-state index contributed by atoms with van der Waals surface area (Å²) in [4.78, 5) is 40.2. The van der Waals surface area contributed by atoms with Gasteiger partial charge in [-0.05, 0) is 37.0 Å². The van der Waals surface area contributed by atoms with Crippen LogP contribution in [0.3, 0.4) is 0 Å². The molecule has 0 bridgehead atoms. The summed E-state index contributed by atoms with van der Waals surface area (Å²) in [5.41, 5.74) is 2.73. The molecule has 2 saturated heterocycles. The van der Waals surface area contributed by atoms with Gasteiger partial charge in [-0.1, -0.05) is 28.7 Å². The molecule has 6 nitrogen and oxygen atoms in total. The zero-order valence-corrected chi connectivity index (χ0v) is 16.0. The standard InChI is InChI=1S/C18H20IN3O3/c19-12-2-1-7-21(10-12)13-4-3-11-9-22(18(25)14(11)8-13)15-5-6-16(23)20-17(15)24/h3-4,8,12,15H,1-2,5-7,9-10H2,(H,20,23,24). The van der Waals surface area contributed by atoms with Gasteiger partial charge in [0, 0.05) is 41.2 Å². The Bertz CT molecular complexity index is 751. The predicted molar refractivity (Wildman–Crippen MR) is 102 cm³/mol. The van der Waals surface area contributed by atoms with Crippen molar-refractivity contribution < 1.29 is 14.4 Å². The van der Waals surface area contributed by atoms with E-state index in [1.54, 1.807) is 4.90 Å². The minimum absolute atomic E-state index is 0.102. The summed E-state index contributed by atoms with van der Waals surface area (Å²) >= 11 is 2.49. The lowest BCUT2D eigenvalue weighted by Gasteiger charge is -2.32. The van der Waals surface area contributed by atoms with Gasteiger partial charge in [-0.2, -0.15) is 0 Å². The van der Waals surface area contributed by atoms with Crippen LogP contribution in [0.1, 0.15) is 41.6 Å². The number of piperidine rings is 2. The summed E-state index contributed by atoms with van der Waals surface area (Å²) in [6.45, 7) is 2.46. The van der Waals surface area contributed by atoms with Crippen molar-refractivity contribution in [2.75, 3.05) is 18.0 Å². The first kappa shape index (κ1) is 16.8. The van der Waals surface area contributed by atoms with E-state index in [0.717, 1.165) is 24.3 Å². The number of rotatable bonds is 2. The molecule has 2 atom stereocenters. The molecule has 2 fully saturated rings. The molecule has 1 N–H and O–H groups in total. The van der Waals surface area contributed by atoms with Crippen molar-refractivity contribution in [3.8, 4) is 0 Å². The number of imide groups is 1. The smallest absolute Gasteiger partial charge is 0.255 e. The van der Waals surface area contributed by atoms with Gasteiger partial charge in [0.05, 0.1) is 0 Å². The number of amides is 3. The second-order valence-electron chi connectivity index (χ2n) is 6.93. The van der Waals surface area contributed by atoms with E-state index < -0.39 is 6.04 Å². The van der Waals surface area contributed by atoms with E-state index in [0.29, 0.717) is 22.5 Å². The minimum Gasteiger partial charge on any atom is -0.370 e. The van der Waals surface area contributed by atoms with Gasteiger partial charge in [0.1, 0.15) is 6.04 Å². The molecule has 7 heteroatoms. The average molecular weight is 453 g/mol. The average Bonchev–Trinajstić information content (AvgIpc) is 2.91. The Hall–Kier alpha value is -1.64. The summed E-state index contributed by atoms with van der Waals surface area (Å²) in [7, 11) is 0. The van der Waals surface area contributed by atoms with Crippen LogP contribution in [-0.4, -0.2) is 45.7 Å². The maximum absolute atomic E-state index is 12.9. The Labute approximate surface area is 160 Å². The SMILES string of the molecule is O=C1CCC(N2Cc3ccc(N4CCCC(I)C4)cc3C2=O)C(=O)N1. The molecular formula is C18H20IN3O3. The lowest BCUT2D eigenvalue weighted by molar-refractivity contribution is -0.136. The number of carbonyl (C=O) groups is 3. The highest BCUT2D eigenvalue weighted by Crippen LogP contribution is 2.32. The van der Waals surface area contributed by atoms with Crippen LogP contribution >= 0.6 is 22.6 Å². The molecule has 1 aromatic rings. The number of carbonyl (C=O) groups excluding carboxylic acids is 3. The molecule has 0 saturated carbocycles. The van der Waals surface area contributed by atoms with E-state index in [2.05, 4.69) is 38.9 Å². The lowest BCUT2D eigenvalue weighted by atomic mass is 10.0. The van der Waals surface area contributed by atoms with Crippen LogP contribution in [0.2, 0.25) is 0 Å². The summed E-state index contributed by atoms with van der Waals surface area (Å²) in [6.07, 6.45) is 3.09. The first-order chi connectivity index (χ1) is 12.0. The first-order valence-electron chi connectivity index (χ1n) is 8.69. The van der Waals surface area contributed by atoms with E-state index in [1.807, 2.05) is 12.1 Å². The Morgan fingerprint density at radius 2 is 2.00 bits per heavy atom. The van der Waals surface area contributed by atoms with Crippen molar-refractivity contribution in [1.82, 2.24) is 10.2 Å². The molecule has 0 spiro atoms. The molecule has 2 unspecified atom stereocenters. The maximum atomic E-state index is 12.9. The predicted octanol–water partition coefficient (Wildman–Crippen LogP) is 1.85. The van der Waals surface area contributed by atoms with Crippen LogP contribution in [0.4, 0.5) is 5.69 Å². The largest absolute Gasteiger partial charge is 0.370 e. The Morgan fingerprint density at radius 1 is 1.16 bits per heavy atom. The molecular weight excluding hydrogens is 433 g/mol. The van der Waals surface area contributed by atoms with Crippen LogP contribution in [0.25, 0.3) is 0 Å². The van der Waals surface area contributed by atoms with E-state index in [9.17, 15) is 14.4 Å². The zero-order chi connectivity index (χ0) is 17.6. The fourth-order valence-electron chi connectivity index (χ4n) is 3.90. The number of nitrogens with zero attached hydrogens (tertiary/aromatic N) is 2. The summed E-state index contributed by atoms with van der Waals surface area (Å²) < 4.78 is 0.635. The highest BCUT2D eigenvalue weighted by atomic mass is 127. The van der Waals surface area contributed by atoms with Gasteiger partial charge in [0.25, 0.3) is 5.91 Å². The number of anilines is 1. The van der Waals surface area contributed by atoms with Crippen LogP contribution in [0.15, 0.2) is 18.2 Å². The minimum atomic E-state index is -0.547. The van der Waals surface area contributed by atoms with E-state index in [-0.39, 0.29) is 24.1 Å². The number of benzene rings is 1. The third kappa shape index (κ3) is 3.14. The van der Waals surface area contributed by atoms with Gasteiger partial charge in [0.15, 0.2) is 0 Å². The van der Waals surface area contributed by atoms with Gasteiger partial charge in [0.2, 0.25) is 11.8 Å². The number of halogens is 1. The third-order valence-electron chi connectivity index (χ3n) is 5.24. The summed E-state index contributed by atoms with van der Waals surface area (Å²) in [5.74, 6) is -0.720. The van der Waals surface area contributed by atoms with Crippen molar-refractivity contribution in [1.29, 1.82) is 0 Å². The normalized spacial score (nSPS) is 26.7. The van der Waals surface area contributed by atoms with Crippen molar-refractivity contribution in [2.24, 2.45) is 0 Å². The Kier molecular flexibility index (Phi) is 4.43. The van der Waals surface area contributed by atoms with Gasteiger partial charge in [-0.15, -0.1) is 0 Å². The number of hydrogen-bond donors (Lipinski definition) is 1. The van der Waals surface area contributed by atoms with Crippen molar-refractivity contribution >= 4 is 46.0 Å². The van der Waals surface area contributed by atoms with Crippen LogP contribution in [0.5, 0.6) is 0 Å². The van der Waals surface area contributed by atoms with Gasteiger partial charge < -0.3 is 9.80 Å². The molecule has 132 valence electrons. The molecule has 3 amide bonds. The molecule has 1 aromatic carbocycles.